The van der Waals surface area contributed by atoms with E-state index in [4.69, 9.17) is 5.73 Å². The molecule has 0 aliphatic carbocycles. The Morgan fingerprint density at radius 1 is 1.47 bits per heavy atom. The maximum atomic E-state index is 11.8. The quantitative estimate of drug-likeness (QED) is 0.778. The van der Waals surface area contributed by atoms with Gasteiger partial charge in [-0.15, -0.1) is 0 Å². The van der Waals surface area contributed by atoms with E-state index in [-0.39, 0.29) is 30.9 Å². The molecule has 2 atom stereocenters. The second kappa shape index (κ2) is 7.09. The molecular formula is C12H21F3N2O2. The molecule has 4 nitrogen and oxygen atoms in total. The number of halogens is 3. The van der Waals surface area contributed by atoms with Crippen molar-refractivity contribution in [1.82, 2.24) is 4.90 Å². The smallest absolute Gasteiger partial charge is 0.372 e. The fourth-order valence-corrected chi connectivity index (χ4v) is 2.21. The number of amides is 1. The van der Waals surface area contributed by atoms with Crippen LogP contribution in [0.25, 0.3) is 0 Å². The zero-order chi connectivity index (χ0) is 14.5. The van der Waals surface area contributed by atoms with Gasteiger partial charge >= 0.3 is 6.18 Å². The molecule has 1 aliphatic rings. The number of rotatable bonds is 5. The van der Waals surface area contributed by atoms with Crippen molar-refractivity contribution in [3.63, 3.8) is 0 Å². The van der Waals surface area contributed by atoms with Crippen molar-refractivity contribution < 1.29 is 22.7 Å². The summed E-state index contributed by atoms with van der Waals surface area (Å²) in [4.78, 5) is 13.5. The number of likely N-dealkylation sites (tertiary alicyclic amines) is 1. The van der Waals surface area contributed by atoms with E-state index in [9.17, 15) is 18.0 Å². The highest BCUT2D eigenvalue weighted by molar-refractivity contribution is 5.76. The Bertz CT molecular complexity index is 297. The number of carbonyl (C=O) groups is 1. The highest BCUT2D eigenvalue weighted by Crippen LogP contribution is 2.19. The largest absolute Gasteiger partial charge is 0.411 e. The van der Waals surface area contributed by atoms with E-state index in [1.807, 2.05) is 6.92 Å². The Labute approximate surface area is 111 Å². The minimum absolute atomic E-state index is 0.0122. The molecule has 0 aromatic heterocycles. The third-order valence-electron chi connectivity index (χ3n) is 3.40. The molecule has 2 unspecified atom stereocenters. The van der Waals surface area contributed by atoms with Crippen LogP contribution in [0, 0.1) is 5.92 Å². The van der Waals surface area contributed by atoms with E-state index >= 15 is 0 Å². The fraction of sp³-hybridized carbons (Fsp3) is 0.917. The molecule has 1 aliphatic heterocycles. The monoisotopic (exact) mass is 282 g/mol. The maximum Gasteiger partial charge on any atom is 0.411 e. The van der Waals surface area contributed by atoms with Gasteiger partial charge in [0.25, 0.3) is 0 Å². The van der Waals surface area contributed by atoms with Gasteiger partial charge < -0.3 is 15.4 Å². The van der Waals surface area contributed by atoms with E-state index in [1.165, 1.54) is 0 Å². The number of nitrogens with two attached hydrogens (primary N) is 1. The predicted molar refractivity (Wildman–Crippen MR) is 64.4 cm³/mol. The second-order valence-corrected chi connectivity index (χ2v) is 4.88. The van der Waals surface area contributed by atoms with Crippen molar-refractivity contribution in [3.8, 4) is 0 Å². The van der Waals surface area contributed by atoms with Crippen LogP contribution in [0.3, 0.4) is 0 Å². The molecule has 19 heavy (non-hydrogen) atoms. The molecule has 2 N–H and O–H groups in total. The standard InChI is InChI=1S/C12H21F3N2O2/c1-2-9-7-17(5-3-10(9)16)11(18)4-6-19-8-12(13,14)15/h9-10H,2-8,16H2,1H3. The van der Waals surface area contributed by atoms with Crippen LogP contribution in [0.2, 0.25) is 0 Å². The first-order valence-electron chi connectivity index (χ1n) is 6.51. The topological polar surface area (TPSA) is 55.6 Å². The lowest BCUT2D eigenvalue weighted by Gasteiger charge is -2.36. The minimum Gasteiger partial charge on any atom is -0.372 e. The highest BCUT2D eigenvalue weighted by atomic mass is 19.4. The average molecular weight is 282 g/mol. The van der Waals surface area contributed by atoms with Gasteiger partial charge in [-0.1, -0.05) is 13.3 Å². The lowest BCUT2D eigenvalue weighted by atomic mass is 9.90. The first kappa shape index (κ1) is 16.2. The summed E-state index contributed by atoms with van der Waals surface area (Å²) in [7, 11) is 0. The summed E-state index contributed by atoms with van der Waals surface area (Å²) < 4.78 is 40.0. The van der Waals surface area contributed by atoms with Crippen LogP contribution in [0.15, 0.2) is 0 Å². The van der Waals surface area contributed by atoms with Gasteiger partial charge in [0, 0.05) is 19.1 Å². The fourth-order valence-electron chi connectivity index (χ4n) is 2.21. The van der Waals surface area contributed by atoms with Crippen molar-refractivity contribution in [2.45, 2.75) is 38.4 Å². The van der Waals surface area contributed by atoms with E-state index in [0.29, 0.717) is 13.1 Å². The van der Waals surface area contributed by atoms with Crippen LogP contribution in [-0.2, 0) is 9.53 Å². The summed E-state index contributed by atoms with van der Waals surface area (Å²) in [5, 5.41) is 0. The molecule has 1 saturated heterocycles. The number of ether oxygens (including phenoxy) is 1. The first-order valence-corrected chi connectivity index (χ1v) is 6.51. The van der Waals surface area contributed by atoms with Crippen LogP contribution >= 0.6 is 0 Å². The Hall–Kier alpha value is -0.820. The SMILES string of the molecule is CCC1CN(C(=O)CCOCC(F)(F)F)CCC1N. The van der Waals surface area contributed by atoms with Crippen LogP contribution in [0.4, 0.5) is 13.2 Å². The van der Waals surface area contributed by atoms with Gasteiger partial charge in [0.15, 0.2) is 0 Å². The van der Waals surface area contributed by atoms with E-state index in [1.54, 1.807) is 4.90 Å². The van der Waals surface area contributed by atoms with Gasteiger partial charge in [0.2, 0.25) is 5.91 Å². The Balaban J connectivity index is 2.26. The van der Waals surface area contributed by atoms with Crippen LogP contribution in [-0.4, -0.2) is 49.3 Å². The molecule has 0 bridgehead atoms. The molecule has 0 radical (unpaired) electrons. The van der Waals surface area contributed by atoms with Gasteiger partial charge in [-0.05, 0) is 12.3 Å². The summed E-state index contributed by atoms with van der Waals surface area (Å²) in [5.41, 5.74) is 5.93. The molecule has 0 saturated carbocycles. The molecule has 112 valence electrons. The molecule has 1 fully saturated rings. The number of nitrogens with zero attached hydrogens (tertiary/aromatic N) is 1. The Morgan fingerprint density at radius 2 is 2.16 bits per heavy atom. The zero-order valence-electron chi connectivity index (χ0n) is 11.1. The van der Waals surface area contributed by atoms with E-state index in [2.05, 4.69) is 4.74 Å². The van der Waals surface area contributed by atoms with Gasteiger partial charge in [-0.3, -0.25) is 4.79 Å². The van der Waals surface area contributed by atoms with Crippen LogP contribution in [0.1, 0.15) is 26.2 Å². The lowest BCUT2D eigenvalue weighted by Crippen LogP contribution is -2.49. The lowest BCUT2D eigenvalue weighted by molar-refractivity contribution is -0.175. The Morgan fingerprint density at radius 3 is 2.74 bits per heavy atom. The summed E-state index contributed by atoms with van der Waals surface area (Å²) in [6, 6.07) is 0.107. The van der Waals surface area contributed by atoms with E-state index in [0.717, 1.165) is 12.8 Å². The summed E-state index contributed by atoms with van der Waals surface area (Å²) in [5.74, 6) is 0.112. The van der Waals surface area contributed by atoms with Crippen molar-refractivity contribution >= 4 is 5.91 Å². The van der Waals surface area contributed by atoms with Crippen LogP contribution < -0.4 is 5.73 Å². The number of carbonyl (C=O) groups excluding carboxylic acids is 1. The van der Waals surface area contributed by atoms with Crippen LogP contribution in [0.5, 0.6) is 0 Å². The van der Waals surface area contributed by atoms with Crippen molar-refractivity contribution in [2.75, 3.05) is 26.3 Å². The Kier molecular flexibility index (Phi) is 6.06. The van der Waals surface area contributed by atoms with Gasteiger partial charge in [-0.2, -0.15) is 13.2 Å². The number of alkyl halides is 3. The normalized spacial score (nSPS) is 24.6. The molecule has 1 amide bonds. The molecule has 0 aromatic rings. The predicted octanol–water partition coefficient (Wildman–Crippen LogP) is 1.54. The van der Waals surface area contributed by atoms with Gasteiger partial charge in [-0.25, -0.2) is 0 Å². The third kappa shape index (κ3) is 5.78. The summed E-state index contributed by atoms with van der Waals surface area (Å²) >= 11 is 0. The van der Waals surface area contributed by atoms with Crippen molar-refractivity contribution in [2.24, 2.45) is 11.7 Å². The minimum atomic E-state index is -4.34. The van der Waals surface area contributed by atoms with Gasteiger partial charge in [0.05, 0.1) is 13.0 Å². The molecule has 1 heterocycles. The molecule has 7 heteroatoms. The molecule has 0 aromatic carbocycles. The van der Waals surface area contributed by atoms with Crippen molar-refractivity contribution in [3.05, 3.63) is 0 Å². The zero-order valence-corrected chi connectivity index (χ0v) is 11.1. The second-order valence-electron chi connectivity index (χ2n) is 4.88. The number of hydrogen-bond donors (Lipinski definition) is 1. The summed E-state index contributed by atoms with van der Waals surface area (Å²) in [6.45, 7) is 1.69. The molecule has 0 spiro atoms. The molecule has 1 rings (SSSR count). The average Bonchev–Trinajstić information content (AvgIpc) is 2.33. The maximum absolute atomic E-state index is 11.8. The van der Waals surface area contributed by atoms with Gasteiger partial charge in [0.1, 0.15) is 6.61 Å². The van der Waals surface area contributed by atoms with E-state index < -0.39 is 12.8 Å². The third-order valence-corrected chi connectivity index (χ3v) is 3.40. The number of piperidine rings is 1. The summed E-state index contributed by atoms with van der Waals surface area (Å²) in [6.07, 6.45) is -2.71. The molecular weight excluding hydrogens is 261 g/mol. The number of hydrogen-bond acceptors (Lipinski definition) is 3. The first-order chi connectivity index (χ1) is 8.83. The van der Waals surface area contributed by atoms with Crippen molar-refractivity contribution in [1.29, 1.82) is 0 Å². The highest BCUT2D eigenvalue weighted by Gasteiger charge is 2.29.